The molecule has 0 fully saturated rings. The Morgan fingerprint density at radius 1 is 1.32 bits per heavy atom. The van der Waals surface area contributed by atoms with Gasteiger partial charge in [-0.2, -0.15) is 5.10 Å². The van der Waals surface area contributed by atoms with E-state index in [4.69, 9.17) is 4.74 Å². The topological polar surface area (TPSA) is 69.4 Å². The van der Waals surface area contributed by atoms with E-state index in [0.29, 0.717) is 18.1 Å². The van der Waals surface area contributed by atoms with Gasteiger partial charge in [-0.1, -0.05) is 6.07 Å². The van der Waals surface area contributed by atoms with Crippen LogP contribution in [0.3, 0.4) is 0 Å². The molecule has 0 aliphatic heterocycles. The van der Waals surface area contributed by atoms with Crippen molar-refractivity contribution in [3.8, 4) is 17.0 Å². The van der Waals surface area contributed by atoms with Crippen LogP contribution in [0, 0.1) is 6.92 Å². The van der Waals surface area contributed by atoms with Gasteiger partial charge in [-0.25, -0.2) is 14.5 Å². The maximum absolute atomic E-state index is 11.2. The van der Waals surface area contributed by atoms with E-state index in [0.717, 1.165) is 22.6 Å². The van der Waals surface area contributed by atoms with Gasteiger partial charge in [-0.3, -0.25) is 4.21 Å². The smallest absolute Gasteiger partial charge is 0.251 e. The van der Waals surface area contributed by atoms with Crippen LogP contribution in [0.15, 0.2) is 36.8 Å². The highest BCUT2D eigenvalue weighted by molar-refractivity contribution is 7.84. The minimum absolute atomic E-state index is 0.406. The first kappa shape index (κ1) is 14.6. The minimum atomic E-state index is -0.873. The molecule has 0 aliphatic carbocycles. The van der Waals surface area contributed by atoms with Crippen LogP contribution in [0.1, 0.15) is 5.56 Å². The predicted octanol–water partition coefficient (Wildman–Crippen LogP) is 1.86. The first-order chi connectivity index (χ1) is 10.6. The lowest BCUT2D eigenvalue weighted by atomic mass is 10.1. The standard InChI is InChI=1S/C15H16N4O2S/c1-11-3-4-12(14(9-11)21-7-8-22(2)20)13-10-19-15(18-13)16-5-6-17-19/h3-6,9-10H,7-8H2,1-2H3. The van der Waals surface area contributed by atoms with E-state index >= 15 is 0 Å². The van der Waals surface area contributed by atoms with Crippen molar-refractivity contribution in [2.75, 3.05) is 18.6 Å². The second-order valence-corrected chi connectivity index (χ2v) is 6.49. The maximum atomic E-state index is 11.2. The normalized spacial score (nSPS) is 12.5. The molecule has 1 aromatic carbocycles. The van der Waals surface area contributed by atoms with Crippen molar-refractivity contribution >= 4 is 16.6 Å². The molecule has 7 heteroatoms. The van der Waals surface area contributed by atoms with Crippen molar-refractivity contribution in [2.45, 2.75) is 6.92 Å². The lowest BCUT2D eigenvalue weighted by Crippen LogP contribution is -2.07. The lowest BCUT2D eigenvalue weighted by Gasteiger charge is -2.10. The van der Waals surface area contributed by atoms with E-state index in [1.54, 1.807) is 23.2 Å². The molecule has 1 atom stereocenters. The van der Waals surface area contributed by atoms with Crippen LogP contribution < -0.4 is 4.74 Å². The Kier molecular flexibility index (Phi) is 4.15. The SMILES string of the molecule is Cc1ccc(-c2cn3nccnc3n2)c(OCCS(C)=O)c1. The molecule has 0 N–H and O–H groups in total. The molecule has 0 bridgehead atoms. The molecule has 2 heterocycles. The van der Waals surface area contributed by atoms with Crippen LogP contribution in [-0.2, 0) is 10.8 Å². The Hall–Kier alpha value is -2.28. The Morgan fingerprint density at radius 3 is 2.95 bits per heavy atom. The Bertz CT molecular complexity index is 798. The van der Waals surface area contributed by atoms with Crippen molar-refractivity contribution in [3.63, 3.8) is 0 Å². The molecule has 3 aromatic rings. The van der Waals surface area contributed by atoms with Gasteiger partial charge in [0.1, 0.15) is 5.75 Å². The average molecular weight is 316 g/mol. The van der Waals surface area contributed by atoms with E-state index in [1.165, 1.54) is 0 Å². The monoisotopic (exact) mass is 316 g/mol. The van der Waals surface area contributed by atoms with E-state index in [1.807, 2.05) is 31.3 Å². The van der Waals surface area contributed by atoms with Crippen LogP contribution in [0.5, 0.6) is 5.75 Å². The van der Waals surface area contributed by atoms with Crippen LogP contribution in [0.4, 0.5) is 0 Å². The number of imidazole rings is 1. The minimum Gasteiger partial charge on any atom is -0.492 e. The predicted molar refractivity (Wildman–Crippen MR) is 85.4 cm³/mol. The molecular formula is C15H16N4O2S. The molecule has 0 radical (unpaired) electrons. The van der Waals surface area contributed by atoms with Crippen molar-refractivity contribution in [1.29, 1.82) is 0 Å². The van der Waals surface area contributed by atoms with E-state index in [2.05, 4.69) is 15.1 Å². The summed E-state index contributed by atoms with van der Waals surface area (Å²) in [6, 6.07) is 5.93. The van der Waals surface area contributed by atoms with Crippen molar-refractivity contribution < 1.29 is 8.95 Å². The van der Waals surface area contributed by atoms with Gasteiger partial charge in [-0.15, -0.1) is 0 Å². The van der Waals surface area contributed by atoms with Gasteiger partial charge in [0.15, 0.2) is 0 Å². The summed E-state index contributed by atoms with van der Waals surface area (Å²) in [5, 5.41) is 4.17. The van der Waals surface area contributed by atoms with Crippen molar-refractivity contribution in [3.05, 3.63) is 42.4 Å². The summed E-state index contributed by atoms with van der Waals surface area (Å²) in [5.41, 5.74) is 2.72. The lowest BCUT2D eigenvalue weighted by molar-refractivity contribution is 0.344. The van der Waals surface area contributed by atoms with Gasteiger partial charge in [0, 0.05) is 22.6 Å². The number of aryl methyl sites for hydroxylation is 1. The van der Waals surface area contributed by atoms with Crippen LogP contribution >= 0.6 is 0 Å². The first-order valence-corrected chi connectivity index (χ1v) is 8.56. The molecule has 22 heavy (non-hydrogen) atoms. The molecule has 0 aliphatic rings. The molecule has 114 valence electrons. The van der Waals surface area contributed by atoms with Gasteiger partial charge >= 0.3 is 0 Å². The number of nitrogens with zero attached hydrogens (tertiary/aromatic N) is 4. The molecule has 2 aromatic heterocycles. The number of fused-ring (bicyclic) bond motifs is 1. The average Bonchev–Trinajstić information content (AvgIpc) is 2.90. The highest BCUT2D eigenvalue weighted by Gasteiger charge is 2.12. The molecule has 0 saturated heterocycles. The highest BCUT2D eigenvalue weighted by atomic mass is 32.2. The summed E-state index contributed by atoms with van der Waals surface area (Å²) >= 11 is 0. The Morgan fingerprint density at radius 2 is 2.18 bits per heavy atom. The summed E-state index contributed by atoms with van der Waals surface area (Å²) in [6.07, 6.45) is 6.70. The number of rotatable bonds is 5. The summed E-state index contributed by atoms with van der Waals surface area (Å²) in [7, 11) is -0.873. The number of ether oxygens (including phenoxy) is 1. The van der Waals surface area contributed by atoms with E-state index < -0.39 is 10.8 Å². The largest absolute Gasteiger partial charge is 0.492 e. The fraction of sp³-hybridized carbons (Fsp3) is 0.267. The second kappa shape index (κ2) is 6.23. The van der Waals surface area contributed by atoms with Gasteiger partial charge in [-0.05, 0) is 24.6 Å². The van der Waals surface area contributed by atoms with Crippen LogP contribution in [-0.4, -0.2) is 42.4 Å². The number of aromatic nitrogens is 4. The first-order valence-electron chi connectivity index (χ1n) is 6.84. The van der Waals surface area contributed by atoms with Crippen LogP contribution in [0.2, 0.25) is 0 Å². The van der Waals surface area contributed by atoms with Crippen molar-refractivity contribution in [2.24, 2.45) is 0 Å². The molecule has 0 spiro atoms. The molecule has 0 saturated carbocycles. The third-order valence-corrected chi connectivity index (χ3v) is 3.90. The van der Waals surface area contributed by atoms with Gasteiger partial charge in [0.05, 0.1) is 36.6 Å². The van der Waals surface area contributed by atoms with Gasteiger partial charge < -0.3 is 4.74 Å². The van der Waals surface area contributed by atoms with E-state index in [-0.39, 0.29) is 0 Å². The number of hydrogen-bond acceptors (Lipinski definition) is 5. The molecular weight excluding hydrogens is 300 g/mol. The molecule has 0 amide bonds. The molecule has 6 nitrogen and oxygen atoms in total. The van der Waals surface area contributed by atoms with Gasteiger partial charge in [0.25, 0.3) is 5.78 Å². The number of benzene rings is 1. The summed E-state index contributed by atoms with van der Waals surface area (Å²) < 4.78 is 18.6. The highest BCUT2D eigenvalue weighted by Crippen LogP contribution is 2.30. The maximum Gasteiger partial charge on any atom is 0.251 e. The van der Waals surface area contributed by atoms with E-state index in [9.17, 15) is 4.21 Å². The quantitative estimate of drug-likeness (QED) is 0.718. The zero-order valence-electron chi connectivity index (χ0n) is 12.4. The molecule has 3 rings (SSSR count). The Labute approximate surface area is 130 Å². The molecule has 1 unspecified atom stereocenters. The zero-order chi connectivity index (χ0) is 15.5. The van der Waals surface area contributed by atoms with Crippen LogP contribution in [0.25, 0.3) is 17.0 Å². The van der Waals surface area contributed by atoms with Crippen molar-refractivity contribution in [1.82, 2.24) is 19.6 Å². The second-order valence-electron chi connectivity index (χ2n) is 4.94. The summed E-state index contributed by atoms with van der Waals surface area (Å²) in [4.78, 5) is 8.63. The fourth-order valence-corrected chi connectivity index (χ4v) is 2.41. The Balaban J connectivity index is 1.96. The third-order valence-electron chi connectivity index (χ3n) is 3.16. The summed E-state index contributed by atoms with van der Waals surface area (Å²) in [5.74, 6) is 1.77. The zero-order valence-corrected chi connectivity index (χ0v) is 13.2. The van der Waals surface area contributed by atoms with Gasteiger partial charge in [0.2, 0.25) is 0 Å². The number of hydrogen-bond donors (Lipinski definition) is 0. The third kappa shape index (κ3) is 3.14. The summed E-state index contributed by atoms with van der Waals surface area (Å²) in [6.45, 7) is 2.41. The fourth-order valence-electron chi connectivity index (χ4n) is 2.10.